The van der Waals surface area contributed by atoms with Crippen molar-refractivity contribution in [2.75, 3.05) is 5.32 Å². The van der Waals surface area contributed by atoms with E-state index in [0.29, 0.717) is 22.5 Å². The molecule has 0 saturated carbocycles. The largest absolute Gasteiger partial charge is 0.419 e. The molecule has 0 atom stereocenters. The minimum atomic E-state index is -0.479. The highest BCUT2D eigenvalue weighted by Crippen LogP contribution is 2.20. The summed E-state index contributed by atoms with van der Waals surface area (Å²) in [4.78, 5) is 24.1. The maximum Gasteiger partial charge on any atom is 0.419 e. The van der Waals surface area contributed by atoms with Gasteiger partial charge in [-0.15, -0.1) is 0 Å². The van der Waals surface area contributed by atoms with Crippen molar-refractivity contribution in [3.05, 3.63) is 76.3 Å². The molecule has 1 N–H and O–H groups in total. The van der Waals surface area contributed by atoms with E-state index >= 15 is 0 Å². The van der Waals surface area contributed by atoms with Crippen LogP contribution in [0.4, 0.5) is 10.1 Å². The minimum absolute atomic E-state index is 0.144. The average molecular weight is 366 g/mol. The normalized spacial score (nSPS) is 11.1. The average Bonchev–Trinajstić information content (AvgIpc) is 3.16. The predicted octanol–water partition coefficient (Wildman–Crippen LogP) is 3.02. The van der Waals surface area contributed by atoms with Gasteiger partial charge < -0.3 is 9.73 Å². The Kier molecular flexibility index (Phi) is 3.88. The van der Waals surface area contributed by atoms with Crippen molar-refractivity contribution < 1.29 is 13.6 Å². The highest BCUT2D eigenvalue weighted by Gasteiger charge is 2.16. The first-order chi connectivity index (χ1) is 12.9. The third-order valence-electron chi connectivity index (χ3n) is 4.25. The van der Waals surface area contributed by atoms with E-state index in [-0.39, 0.29) is 11.4 Å². The van der Waals surface area contributed by atoms with Crippen LogP contribution in [0.1, 0.15) is 16.2 Å². The fourth-order valence-corrected chi connectivity index (χ4v) is 2.86. The lowest BCUT2D eigenvalue weighted by molar-refractivity contribution is 0.102. The standard InChI is InChI=1S/C19H15FN4O3/c1-11-9-14(22-24(11)15-6-4-3-5-13(15)20)18(25)21-12-7-8-16-17(10-12)27-19(26)23(16)2/h3-10H,1-2H3,(H,21,25). The fourth-order valence-electron chi connectivity index (χ4n) is 2.86. The highest BCUT2D eigenvalue weighted by molar-refractivity contribution is 6.03. The van der Waals surface area contributed by atoms with Crippen LogP contribution in [0.15, 0.2) is 57.7 Å². The Labute approximate surface area is 152 Å². The molecule has 1 amide bonds. The molecule has 0 aliphatic carbocycles. The van der Waals surface area contributed by atoms with Crippen molar-refractivity contribution in [1.82, 2.24) is 14.3 Å². The number of aromatic nitrogens is 3. The molecule has 4 aromatic rings. The Hall–Kier alpha value is -3.68. The SMILES string of the molecule is Cc1cc(C(=O)Nc2ccc3c(c2)oc(=O)n3C)nn1-c1ccccc1F. The van der Waals surface area contributed by atoms with E-state index in [9.17, 15) is 14.0 Å². The van der Waals surface area contributed by atoms with Crippen LogP contribution in [0.3, 0.4) is 0 Å². The van der Waals surface area contributed by atoms with Crippen molar-refractivity contribution >= 4 is 22.7 Å². The number of benzene rings is 2. The molecule has 136 valence electrons. The second kappa shape index (κ2) is 6.24. The van der Waals surface area contributed by atoms with E-state index < -0.39 is 17.5 Å². The van der Waals surface area contributed by atoms with Crippen LogP contribution in [-0.4, -0.2) is 20.3 Å². The van der Waals surface area contributed by atoms with Crippen molar-refractivity contribution in [2.45, 2.75) is 6.92 Å². The second-order valence-corrected chi connectivity index (χ2v) is 6.10. The number of carbonyl (C=O) groups excluding carboxylic acids is 1. The molecule has 27 heavy (non-hydrogen) atoms. The smallest absolute Gasteiger partial charge is 0.408 e. The van der Waals surface area contributed by atoms with Gasteiger partial charge in [-0.3, -0.25) is 9.36 Å². The molecule has 0 spiro atoms. The first kappa shape index (κ1) is 16.8. The molecule has 8 heteroatoms. The van der Waals surface area contributed by atoms with Crippen molar-refractivity contribution in [3.63, 3.8) is 0 Å². The molecule has 2 heterocycles. The van der Waals surface area contributed by atoms with Gasteiger partial charge in [0.2, 0.25) is 0 Å². The van der Waals surface area contributed by atoms with Gasteiger partial charge in [0, 0.05) is 24.5 Å². The lowest BCUT2D eigenvalue weighted by atomic mass is 10.2. The summed E-state index contributed by atoms with van der Waals surface area (Å²) >= 11 is 0. The molecule has 0 unspecified atom stereocenters. The molecule has 2 aromatic heterocycles. The van der Waals surface area contributed by atoms with Crippen molar-refractivity contribution in [1.29, 1.82) is 0 Å². The van der Waals surface area contributed by atoms with E-state index in [1.807, 2.05) is 0 Å². The number of anilines is 1. The quantitative estimate of drug-likeness (QED) is 0.604. The van der Waals surface area contributed by atoms with E-state index in [2.05, 4.69) is 10.4 Å². The molecule has 7 nitrogen and oxygen atoms in total. The summed E-state index contributed by atoms with van der Waals surface area (Å²) in [6.45, 7) is 1.74. The zero-order chi connectivity index (χ0) is 19.1. The molecule has 0 aliphatic rings. The Morgan fingerprint density at radius 3 is 2.74 bits per heavy atom. The number of carbonyl (C=O) groups is 1. The Balaban J connectivity index is 1.63. The number of para-hydroxylation sites is 1. The number of nitrogens with zero attached hydrogens (tertiary/aromatic N) is 3. The summed E-state index contributed by atoms with van der Waals surface area (Å²) in [5.74, 6) is -1.36. The number of fused-ring (bicyclic) bond motifs is 1. The Bertz CT molecular complexity index is 1240. The number of halogens is 1. The van der Waals surface area contributed by atoms with Gasteiger partial charge in [0.05, 0.1) is 5.52 Å². The van der Waals surface area contributed by atoms with Gasteiger partial charge in [0.25, 0.3) is 5.91 Å². The number of nitrogens with one attached hydrogen (secondary N) is 1. The van der Waals surface area contributed by atoms with E-state index in [0.717, 1.165) is 0 Å². The molecular weight excluding hydrogens is 351 g/mol. The van der Waals surface area contributed by atoms with Gasteiger partial charge in [0.1, 0.15) is 11.5 Å². The molecule has 0 saturated heterocycles. The summed E-state index contributed by atoms with van der Waals surface area (Å²) in [5.41, 5.74) is 2.48. The number of aryl methyl sites for hydroxylation is 2. The molecular formula is C19H15FN4O3. The van der Waals surface area contributed by atoms with Crippen LogP contribution < -0.4 is 11.1 Å². The predicted molar refractivity (Wildman–Crippen MR) is 97.7 cm³/mol. The molecule has 0 fully saturated rings. The summed E-state index contributed by atoms with van der Waals surface area (Å²) in [6, 6.07) is 12.7. The number of oxazole rings is 1. The summed E-state index contributed by atoms with van der Waals surface area (Å²) in [6.07, 6.45) is 0. The first-order valence-corrected chi connectivity index (χ1v) is 8.16. The molecule has 0 radical (unpaired) electrons. The molecule has 0 aliphatic heterocycles. The fraction of sp³-hybridized carbons (Fsp3) is 0.105. The monoisotopic (exact) mass is 366 g/mol. The minimum Gasteiger partial charge on any atom is -0.408 e. The summed E-state index contributed by atoms with van der Waals surface area (Å²) < 4.78 is 21.9. The lowest BCUT2D eigenvalue weighted by Gasteiger charge is -2.05. The van der Waals surface area contributed by atoms with Crippen LogP contribution >= 0.6 is 0 Å². The maximum absolute atomic E-state index is 14.0. The van der Waals surface area contributed by atoms with E-state index in [1.54, 1.807) is 56.4 Å². The van der Waals surface area contributed by atoms with Gasteiger partial charge in [-0.25, -0.2) is 13.9 Å². The summed E-state index contributed by atoms with van der Waals surface area (Å²) in [5, 5.41) is 6.91. The van der Waals surface area contributed by atoms with Crippen LogP contribution in [0, 0.1) is 12.7 Å². The van der Waals surface area contributed by atoms with Crippen LogP contribution in [-0.2, 0) is 7.05 Å². The zero-order valence-corrected chi connectivity index (χ0v) is 14.6. The maximum atomic E-state index is 14.0. The first-order valence-electron chi connectivity index (χ1n) is 8.16. The van der Waals surface area contributed by atoms with Gasteiger partial charge in [-0.1, -0.05) is 12.1 Å². The van der Waals surface area contributed by atoms with Gasteiger partial charge >= 0.3 is 5.76 Å². The number of hydrogen-bond donors (Lipinski definition) is 1. The number of rotatable bonds is 3. The molecule has 4 rings (SSSR count). The van der Waals surface area contributed by atoms with Crippen molar-refractivity contribution in [2.24, 2.45) is 7.05 Å². The Morgan fingerprint density at radius 2 is 1.96 bits per heavy atom. The topological polar surface area (TPSA) is 82.1 Å². The lowest BCUT2D eigenvalue weighted by Crippen LogP contribution is -2.13. The third kappa shape index (κ3) is 2.91. The summed E-state index contributed by atoms with van der Waals surface area (Å²) in [7, 11) is 1.60. The number of hydrogen-bond acceptors (Lipinski definition) is 4. The van der Waals surface area contributed by atoms with Crippen LogP contribution in [0.5, 0.6) is 0 Å². The highest BCUT2D eigenvalue weighted by atomic mass is 19.1. The molecule has 0 bridgehead atoms. The second-order valence-electron chi connectivity index (χ2n) is 6.10. The van der Waals surface area contributed by atoms with Crippen LogP contribution in [0.2, 0.25) is 0 Å². The third-order valence-corrected chi connectivity index (χ3v) is 4.25. The van der Waals surface area contributed by atoms with E-state index in [4.69, 9.17) is 4.42 Å². The van der Waals surface area contributed by atoms with Crippen molar-refractivity contribution in [3.8, 4) is 5.69 Å². The van der Waals surface area contributed by atoms with Gasteiger partial charge in [0.15, 0.2) is 11.3 Å². The van der Waals surface area contributed by atoms with Gasteiger partial charge in [-0.2, -0.15) is 5.10 Å². The number of amides is 1. The molecule has 2 aromatic carbocycles. The van der Waals surface area contributed by atoms with Crippen LogP contribution in [0.25, 0.3) is 16.8 Å². The zero-order valence-electron chi connectivity index (χ0n) is 14.6. The van der Waals surface area contributed by atoms with E-state index in [1.165, 1.54) is 15.3 Å². The Morgan fingerprint density at radius 1 is 1.19 bits per heavy atom. The van der Waals surface area contributed by atoms with Gasteiger partial charge in [-0.05, 0) is 37.3 Å².